The zero-order valence-corrected chi connectivity index (χ0v) is 14.6. The lowest BCUT2D eigenvalue weighted by Crippen LogP contribution is -2.29. The summed E-state index contributed by atoms with van der Waals surface area (Å²) in [6, 6.07) is 7.14. The third-order valence-corrected chi connectivity index (χ3v) is 3.90. The van der Waals surface area contributed by atoms with E-state index < -0.39 is 6.10 Å². The number of hydrogen-bond donors (Lipinski definition) is 1. The molecule has 0 aliphatic heterocycles. The van der Waals surface area contributed by atoms with Gasteiger partial charge in [-0.1, -0.05) is 17.3 Å². The molecule has 0 radical (unpaired) electrons. The summed E-state index contributed by atoms with van der Waals surface area (Å²) in [6.45, 7) is 6.17. The number of para-hydroxylation sites is 1. The lowest BCUT2D eigenvalue weighted by atomic mass is 10.1. The van der Waals surface area contributed by atoms with Crippen molar-refractivity contribution in [2.45, 2.75) is 39.9 Å². The molecule has 1 N–H and O–H groups in total. The van der Waals surface area contributed by atoms with Crippen LogP contribution in [0.5, 0.6) is 5.75 Å². The Balaban J connectivity index is 2.11. The minimum atomic E-state index is -0.439. The maximum absolute atomic E-state index is 12.6. The predicted molar refractivity (Wildman–Crippen MR) is 90.0 cm³/mol. The van der Waals surface area contributed by atoms with E-state index in [-0.39, 0.29) is 5.91 Å². The molecule has 1 heterocycles. The van der Waals surface area contributed by atoms with Crippen molar-refractivity contribution in [1.82, 2.24) is 10.1 Å². The molecule has 0 spiro atoms. The Morgan fingerprint density at radius 3 is 2.71 bits per heavy atom. The number of aliphatic hydroxyl groups excluding tert-OH is 1. The van der Waals surface area contributed by atoms with Gasteiger partial charge in [0.15, 0.2) is 0 Å². The molecule has 1 aromatic heterocycles. The molecule has 2 rings (SSSR count). The molecule has 24 heavy (non-hydrogen) atoms. The van der Waals surface area contributed by atoms with Crippen molar-refractivity contribution in [1.29, 1.82) is 0 Å². The molecule has 1 aromatic carbocycles. The molecule has 1 unspecified atom stereocenters. The number of aromatic nitrogens is 1. The molecule has 0 bridgehead atoms. The number of hydrogen-bond acceptors (Lipinski definition) is 5. The minimum Gasteiger partial charge on any atom is -0.488 e. The van der Waals surface area contributed by atoms with E-state index in [1.165, 1.54) is 0 Å². The molecular formula is C18H24N2O4. The minimum absolute atomic E-state index is 0.134. The van der Waals surface area contributed by atoms with Gasteiger partial charge < -0.3 is 19.3 Å². The number of ether oxygens (including phenoxy) is 1. The fourth-order valence-electron chi connectivity index (χ4n) is 2.31. The number of carbonyl (C=O) groups is 1. The molecule has 0 saturated heterocycles. The molecule has 130 valence electrons. The maximum Gasteiger partial charge on any atom is 0.257 e. The Bertz CT molecular complexity index is 675. The van der Waals surface area contributed by atoms with Crippen molar-refractivity contribution in [3.05, 3.63) is 46.8 Å². The van der Waals surface area contributed by atoms with E-state index in [1.54, 1.807) is 37.1 Å². The molecule has 1 atom stereocenters. The zero-order valence-electron chi connectivity index (χ0n) is 14.6. The van der Waals surface area contributed by atoms with E-state index in [0.29, 0.717) is 36.6 Å². The van der Waals surface area contributed by atoms with Crippen LogP contribution in [0.3, 0.4) is 0 Å². The van der Waals surface area contributed by atoms with Crippen LogP contribution in [0, 0.1) is 13.8 Å². The Hall–Kier alpha value is -2.34. The lowest BCUT2D eigenvalue weighted by Gasteiger charge is -2.19. The number of amides is 1. The highest BCUT2D eigenvalue weighted by molar-refractivity contribution is 5.96. The second-order valence-corrected chi connectivity index (χ2v) is 5.95. The molecule has 0 saturated carbocycles. The van der Waals surface area contributed by atoms with Gasteiger partial charge in [0.2, 0.25) is 0 Å². The number of rotatable bonds is 7. The maximum atomic E-state index is 12.6. The van der Waals surface area contributed by atoms with Crippen LogP contribution in [0.15, 0.2) is 28.8 Å². The second kappa shape index (κ2) is 7.97. The van der Waals surface area contributed by atoms with Crippen molar-refractivity contribution in [2.24, 2.45) is 0 Å². The summed E-state index contributed by atoms with van der Waals surface area (Å²) < 4.78 is 11.0. The summed E-state index contributed by atoms with van der Waals surface area (Å²) in [5.41, 5.74) is 2.17. The van der Waals surface area contributed by atoms with Gasteiger partial charge in [0.05, 0.1) is 22.9 Å². The molecule has 0 fully saturated rings. The first-order valence-corrected chi connectivity index (χ1v) is 7.97. The standard InChI is InChI=1S/C18H24N2O4/c1-12(21)9-10-20(4)18(22)15-7-5-6-8-17(15)23-11-16-13(2)19-24-14(16)3/h5-8,12,21H,9-11H2,1-4H3. The summed E-state index contributed by atoms with van der Waals surface area (Å²) in [7, 11) is 1.72. The van der Waals surface area contributed by atoms with Gasteiger partial charge in [0, 0.05) is 13.6 Å². The Labute approximate surface area is 142 Å². The van der Waals surface area contributed by atoms with E-state index >= 15 is 0 Å². The predicted octanol–water partition coefficient (Wildman–Crippen LogP) is 2.71. The average Bonchev–Trinajstić information content (AvgIpc) is 2.88. The van der Waals surface area contributed by atoms with Gasteiger partial charge in [0.1, 0.15) is 18.1 Å². The van der Waals surface area contributed by atoms with Gasteiger partial charge in [-0.3, -0.25) is 4.79 Å². The largest absolute Gasteiger partial charge is 0.488 e. The number of aliphatic hydroxyl groups is 1. The summed E-state index contributed by atoms with van der Waals surface area (Å²) >= 11 is 0. The first-order valence-electron chi connectivity index (χ1n) is 7.97. The van der Waals surface area contributed by atoms with Crippen LogP contribution in [0.1, 0.15) is 40.7 Å². The summed E-state index contributed by atoms with van der Waals surface area (Å²) in [5.74, 6) is 1.10. The van der Waals surface area contributed by atoms with Crippen LogP contribution < -0.4 is 4.74 Å². The third kappa shape index (κ3) is 4.35. The van der Waals surface area contributed by atoms with Gasteiger partial charge in [-0.25, -0.2) is 0 Å². The van der Waals surface area contributed by atoms with Gasteiger partial charge in [-0.15, -0.1) is 0 Å². The quantitative estimate of drug-likeness (QED) is 0.844. The summed E-state index contributed by atoms with van der Waals surface area (Å²) in [4.78, 5) is 14.2. The van der Waals surface area contributed by atoms with Crippen LogP contribution >= 0.6 is 0 Å². The molecule has 2 aromatic rings. The third-order valence-electron chi connectivity index (χ3n) is 3.90. The molecule has 6 nitrogen and oxygen atoms in total. The van der Waals surface area contributed by atoms with E-state index in [1.807, 2.05) is 19.9 Å². The average molecular weight is 332 g/mol. The highest BCUT2D eigenvalue weighted by Crippen LogP contribution is 2.22. The fraction of sp³-hybridized carbons (Fsp3) is 0.444. The number of nitrogens with zero attached hydrogens (tertiary/aromatic N) is 2. The molecule has 6 heteroatoms. The summed E-state index contributed by atoms with van der Waals surface area (Å²) in [6.07, 6.45) is 0.0935. The van der Waals surface area contributed by atoms with Crippen LogP contribution in [-0.4, -0.2) is 40.8 Å². The molecule has 0 aliphatic carbocycles. The summed E-state index contributed by atoms with van der Waals surface area (Å²) in [5, 5.41) is 13.3. The number of aryl methyl sites for hydroxylation is 2. The van der Waals surface area contributed by atoms with Gasteiger partial charge in [-0.05, 0) is 39.3 Å². The molecule has 1 amide bonds. The fourth-order valence-corrected chi connectivity index (χ4v) is 2.31. The topological polar surface area (TPSA) is 75.8 Å². The van der Waals surface area contributed by atoms with E-state index in [4.69, 9.17) is 9.26 Å². The first kappa shape index (κ1) is 18.0. The smallest absolute Gasteiger partial charge is 0.257 e. The SMILES string of the molecule is Cc1noc(C)c1COc1ccccc1C(=O)N(C)CCC(C)O. The van der Waals surface area contributed by atoms with Crippen molar-refractivity contribution >= 4 is 5.91 Å². The lowest BCUT2D eigenvalue weighted by molar-refractivity contribution is 0.0764. The van der Waals surface area contributed by atoms with Crippen molar-refractivity contribution in [3.8, 4) is 5.75 Å². The number of benzene rings is 1. The Morgan fingerprint density at radius 2 is 2.08 bits per heavy atom. The first-order chi connectivity index (χ1) is 11.4. The van der Waals surface area contributed by atoms with Crippen LogP contribution in [0.25, 0.3) is 0 Å². The second-order valence-electron chi connectivity index (χ2n) is 5.95. The van der Waals surface area contributed by atoms with E-state index in [0.717, 1.165) is 11.3 Å². The van der Waals surface area contributed by atoms with E-state index in [9.17, 15) is 9.90 Å². The molecular weight excluding hydrogens is 308 g/mol. The monoisotopic (exact) mass is 332 g/mol. The highest BCUT2D eigenvalue weighted by atomic mass is 16.5. The number of carbonyl (C=O) groups excluding carboxylic acids is 1. The molecule has 0 aliphatic rings. The van der Waals surface area contributed by atoms with Crippen LogP contribution in [0.4, 0.5) is 0 Å². The Kier molecular flexibility index (Phi) is 5.98. The van der Waals surface area contributed by atoms with Crippen molar-refractivity contribution in [3.63, 3.8) is 0 Å². The van der Waals surface area contributed by atoms with Gasteiger partial charge >= 0.3 is 0 Å². The van der Waals surface area contributed by atoms with Crippen molar-refractivity contribution < 1.29 is 19.2 Å². The van der Waals surface area contributed by atoms with Crippen LogP contribution in [-0.2, 0) is 6.61 Å². The van der Waals surface area contributed by atoms with Crippen molar-refractivity contribution in [2.75, 3.05) is 13.6 Å². The normalized spacial score (nSPS) is 12.0. The van der Waals surface area contributed by atoms with Gasteiger partial charge in [-0.2, -0.15) is 0 Å². The van der Waals surface area contributed by atoms with E-state index in [2.05, 4.69) is 5.16 Å². The zero-order chi connectivity index (χ0) is 17.7. The van der Waals surface area contributed by atoms with Gasteiger partial charge in [0.25, 0.3) is 5.91 Å². The highest BCUT2D eigenvalue weighted by Gasteiger charge is 2.18. The Morgan fingerprint density at radius 1 is 1.38 bits per heavy atom. The van der Waals surface area contributed by atoms with Crippen LogP contribution in [0.2, 0.25) is 0 Å².